The Morgan fingerprint density at radius 2 is 2.19 bits per heavy atom. The van der Waals surface area contributed by atoms with Crippen LogP contribution in [0.2, 0.25) is 0 Å². The number of amides is 1. The maximum absolute atomic E-state index is 11.9. The molecule has 0 saturated carbocycles. The van der Waals surface area contributed by atoms with E-state index in [1.165, 1.54) is 12.1 Å². The van der Waals surface area contributed by atoms with Crippen LogP contribution in [0.3, 0.4) is 0 Å². The van der Waals surface area contributed by atoms with E-state index in [0.29, 0.717) is 24.2 Å². The summed E-state index contributed by atoms with van der Waals surface area (Å²) >= 11 is 0. The van der Waals surface area contributed by atoms with Crippen LogP contribution in [0, 0.1) is 24.0 Å². The van der Waals surface area contributed by atoms with Crippen molar-refractivity contribution < 1.29 is 9.72 Å². The van der Waals surface area contributed by atoms with Gasteiger partial charge in [0.25, 0.3) is 5.69 Å². The molecule has 0 spiro atoms. The molecular weight excluding hydrogens is 272 g/mol. The zero-order valence-electron chi connectivity index (χ0n) is 11.9. The molecule has 0 saturated heterocycles. The normalized spacial score (nSPS) is 10.4. The molecule has 0 aliphatic carbocycles. The minimum atomic E-state index is -0.458. The molecule has 0 fully saturated rings. The van der Waals surface area contributed by atoms with Crippen molar-refractivity contribution in [1.82, 2.24) is 9.55 Å². The molecule has 0 aliphatic rings. The van der Waals surface area contributed by atoms with E-state index >= 15 is 0 Å². The van der Waals surface area contributed by atoms with Gasteiger partial charge >= 0.3 is 0 Å². The minimum absolute atomic E-state index is 0.0135. The zero-order chi connectivity index (χ0) is 15.4. The fraction of sp³-hybridized carbons (Fsp3) is 0.286. The number of imidazole rings is 1. The van der Waals surface area contributed by atoms with E-state index in [1.54, 1.807) is 19.2 Å². The molecule has 21 heavy (non-hydrogen) atoms. The van der Waals surface area contributed by atoms with Crippen LogP contribution >= 0.6 is 0 Å². The fourth-order valence-electron chi connectivity index (χ4n) is 1.98. The highest BCUT2D eigenvalue weighted by atomic mass is 16.6. The fourth-order valence-corrected chi connectivity index (χ4v) is 1.98. The van der Waals surface area contributed by atoms with Gasteiger partial charge < -0.3 is 9.88 Å². The van der Waals surface area contributed by atoms with Crippen molar-refractivity contribution in [2.24, 2.45) is 0 Å². The number of benzene rings is 1. The van der Waals surface area contributed by atoms with Gasteiger partial charge in [-0.05, 0) is 25.5 Å². The van der Waals surface area contributed by atoms with Crippen molar-refractivity contribution in [1.29, 1.82) is 0 Å². The highest BCUT2D eigenvalue weighted by Gasteiger charge is 2.10. The predicted octanol–water partition coefficient (Wildman–Crippen LogP) is 2.44. The quantitative estimate of drug-likeness (QED) is 0.675. The molecular formula is C14H16N4O3. The molecule has 1 N–H and O–H groups in total. The molecule has 1 amide bonds. The number of carbonyl (C=O) groups excluding carboxylic acids is 1. The molecule has 1 aromatic heterocycles. The Kier molecular flexibility index (Phi) is 4.32. The van der Waals surface area contributed by atoms with Crippen LogP contribution in [0.1, 0.15) is 17.8 Å². The average Bonchev–Trinajstić information content (AvgIpc) is 2.84. The molecule has 7 heteroatoms. The maximum atomic E-state index is 11.9. The Labute approximate surface area is 121 Å². The number of non-ortho nitro benzene ring substituents is 1. The Morgan fingerprint density at radius 1 is 1.43 bits per heavy atom. The first-order valence-electron chi connectivity index (χ1n) is 6.50. The summed E-state index contributed by atoms with van der Waals surface area (Å²) in [6.07, 6.45) is 3.82. The van der Waals surface area contributed by atoms with Gasteiger partial charge in [0.1, 0.15) is 5.82 Å². The van der Waals surface area contributed by atoms with E-state index in [9.17, 15) is 14.9 Å². The zero-order valence-corrected chi connectivity index (χ0v) is 11.9. The second-order valence-electron chi connectivity index (χ2n) is 4.72. The van der Waals surface area contributed by atoms with Gasteiger partial charge in [-0.3, -0.25) is 14.9 Å². The minimum Gasteiger partial charge on any atom is -0.335 e. The molecule has 110 valence electrons. The second-order valence-corrected chi connectivity index (χ2v) is 4.72. The molecule has 0 atom stereocenters. The van der Waals surface area contributed by atoms with Gasteiger partial charge in [0.2, 0.25) is 5.91 Å². The lowest BCUT2D eigenvalue weighted by atomic mass is 10.1. The SMILES string of the molecule is Cc1cc([N+](=O)[O-])ccc1NC(=O)CCn1ccnc1C. The van der Waals surface area contributed by atoms with Gasteiger partial charge in [0.05, 0.1) is 4.92 Å². The topological polar surface area (TPSA) is 90.1 Å². The number of aryl methyl sites for hydroxylation is 3. The summed E-state index contributed by atoms with van der Waals surface area (Å²) in [6.45, 7) is 4.14. The molecule has 0 unspecified atom stereocenters. The number of hydrogen-bond donors (Lipinski definition) is 1. The molecule has 0 bridgehead atoms. The van der Waals surface area contributed by atoms with Crippen LogP contribution in [-0.2, 0) is 11.3 Å². The summed E-state index contributed by atoms with van der Waals surface area (Å²) in [7, 11) is 0. The molecule has 7 nitrogen and oxygen atoms in total. The first kappa shape index (κ1) is 14.7. The number of nitrogens with one attached hydrogen (secondary N) is 1. The van der Waals surface area contributed by atoms with Crippen LogP contribution in [-0.4, -0.2) is 20.4 Å². The van der Waals surface area contributed by atoms with E-state index in [-0.39, 0.29) is 11.6 Å². The number of aromatic nitrogens is 2. The van der Waals surface area contributed by atoms with Crippen molar-refractivity contribution in [3.8, 4) is 0 Å². The lowest BCUT2D eigenvalue weighted by molar-refractivity contribution is -0.384. The van der Waals surface area contributed by atoms with Crippen molar-refractivity contribution in [3.05, 3.63) is 52.1 Å². The largest absolute Gasteiger partial charge is 0.335 e. The van der Waals surface area contributed by atoms with Gasteiger partial charge in [0.15, 0.2) is 0 Å². The van der Waals surface area contributed by atoms with Crippen LogP contribution in [0.15, 0.2) is 30.6 Å². The van der Waals surface area contributed by atoms with Gasteiger partial charge in [-0.25, -0.2) is 4.98 Å². The van der Waals surface area contributed by atoms with E-state index in [0.717, 1.165) is 5.82 Å². The van der Waals surface area contributed by atoms with Crippen LogP contribution in [0.25, 0.3) is 0 Å². The first-order valence-corrected chi connectivity index (χ1v) is 6.50. The summed E-state index contributed by atoms with van der Waals surface area (Å²) in [5, 5.41) is 13.4. The highest BCUT2D eigenvalue weighted by molar-refractivity contribution is 5.91. The summed E-state index contributed by atoms with van der Waals surface area (Å²) in [5.41, 5.74) is 1.27. The van der Waals surface area contributed by atoms with Crippen LogP contribution < -0.4 is 5.32 Å². The number of hydrogen-bond acceptors (Lipinski definition) is 4. The summed E-state index contributed by atoms with van der Waals surface area (Å²) in [4.78, 5) is 26.2. The Morgan fingerprint density at radius 3 is 2.76 bits per heavy atom. The predicted molar refractivity (Wildman–Crippen MR) is 78.0 cm³/mol. The Bertz CT molecular complexity index is 679. The first-order chi connectivity index (χ1) is 9.97. The Balaban J connectivity index is 1.96. The molecule has 1 heterocycles. The van der Waals surface area contributed by atoms with Gasteiger partial charge in [-0.1, -0.05) is 0 Å². The van der Waals surface area contributed by atoms with E-state index in [2.05, 4.69) is 10.3 Å². The van der Waals surface area contributed by atoms with Gasteiger partial charge in [0, 0.05) is 43.2 Å². The van der Waals surface area contributed by atoms with Crippen LogP contribution in [0.5, 0.6) is 0 Å². The molecule has 0 aliphatic heterocycles. The number of nitro groups is 1. The van der Waals surface area contributed by atoms with Crippen molar-refractivity contribution >= 4 is 17.3 Å². The average molecular weight is 288 g/mol. The van der Waals surface area contributed by atoms with Crippen molar-refractivity contribution in [2.75, 3.05) is 5.32 Å². The van der Waals surface area contributed by atoms with Crippen molar-refractivity contribution in [3.63, 3.8) is 0 Å². The molecule has 2 rings (SSSR count). The number of anilines is 1. The van der Waals surface area contributed by atoms with E-state index in [1.807, 2.05) is 17.7 Å². The monoisotopic (exact) mass is 288 g/mol. The standard InChI is InChI=1S/C14H16N4O3/c1-10-9-12(18(20)21)3-4-13(10)16-14(19)5-7-17-8-6-15-11(17)2/h3-4,6,8-9H,5,7H2,1-2H3,(H,16,19). The molecule has 2 aromatic rings. The third-order valence-electron chi connectivity index (χ3n) is 3.20. The highest BCUT2D eigenvalue weighted by Crippen LogP contribution is 2.21. The lowest BCUT2D eigenvalue weighted by Gasteiger charge is -2.09. The molecule has 0 radical (unpaired) electrons. The van der Waals surface area contributed by atoms with Gasteiger partial charge in [-0.15, -0.1) is 0 Å². The number of carbonyl (C=O) groups is 1. The number of nitrogens with zero attached hydrogens (tertiary/aromatic N) is 3. The van der Waals surface area contributed by atoms with Crippen molar-refractivity contribution in [2.45, 2.75) is 26.8 Å². The maximum Gasteiger partial charge on any atom is 0.269 e. The number of nitro benzene ring substituents is 1. The summed E-state index contributed by atoms with van der Waals surface area (Å²) in [6, 6.07) is 4.37. The second kappa shape index (κ2) is 6.17. The van der Waals surface area contributed by atoms with E-state index < -0.39 is 4.92 Å². The lowest BCUT2D eigenvalue weighted by Crippen LogP contribution is -2.15. The van der Waals surface area contributed by atoms with Crippen LogP contribution in [0.4, 0.5) is 11.4 Å². The van der Waals surface area contributed by atoms with E-state index in [4.69, 9.17) is 0 Å². The van der Waals surface area contributed by atoms with Gasteiger partial charge in [-0.2, -0.15) is 0 Å². The number of rotatable bonds is 5. The smallest absolute Gasteiger partial charge is 0.269 e. The third-order valence-corrected chi connectivity index (χ3v) is 3.20. The summed E-state index contributed by atoms with van der Waals surface area (Å²) < 4.78 is 1.89. The third kappa shape index (κ3) is 3.65. The Hall–Kier alpha value is -2.70. The molecule has 1 aromatic carbocycles. The summed E-state index contributed by atoms with van der Waals surface area (Å²) in [5.74, 6) is 0.717.